The molecule has 0 saturated heterocycles. The summed E-state index contributed by atoms with van der Waals surface area (Å²) >= 11 is 0. The number of hydrogen-bond donors (Lipinski definition) is 0. The zero-order valence-corrected chi connectivity index (χ0v) is 24.6. The molecule has 0 spiro atoms. The highest BCUT2D eigenvalue weighted by Crippen LogP contribution is 2.46. The van der Waals surface area contributed by atoms with Crippen LogP contribution in [0.3, 0.4) is 0 Å². The van der Waals surface area contributed by atoms with Crippen molar-refractivity contribution in [1.82, 2.24) is 9.13 Å². The van der Waals surface area contributed by atoms with Crippen LogP contribution < -0.4 is 0 Å². The number of rotatable bonds is 2. The van der Waals surface area contributed by atoms with E-state index in [1.807, 2.05) is 0 Å². The number of benzene rings is 5. The van der Waals surface area contributed by atoms with Crippen molar-refractivity contribution < 1.29 is 0 Å². The number of para-hydroxylation sites is 2. The van der Waals surface area contributed by atoms with Crippen molar-refractivity contribution in [3.05, 3.63) is 119 Å². The van der Waals surface area contributed by atoms with Gasteiger partial charge >= 0.3 is 0 Å². The van der Waals surface area contributed by atoms with Gasteiger partial charge in [0.1, 0.15) is 0 Å². The second-order valence-corrected chi connectivity index (χ2v) is 12.7. The molecule has 2 heterocycles. The quantitative estimate of drug-likeness (QED) is 0.215. The van der Waals surface area contributed by atoms with Gasteiger partial charge in [-0.25, -0.2) is 0 Å². The summed E-state index contributed by atoms with van der Waals surface area (Å²) in [6, 6.07) is 34.1. The fourth-order valence-corrected chi connectivity index (χ4v) is 6.98. The molecule has 7 aromatic rings. The molecule has 0 bridgehead atoms. The molecule has 0 aliphatic heterocycles. The smallest absolute Gasteiger partial charge is 0.0599 e. The van der Waals surface area contributed by atoms with Gasteiger partial charge in [0.05, 0.1) is 22.1 Å². The first-order valence-corrected chi connectivity index (χ1v) is 14.3. The monoisotopic (exact) mass is 520 g/mol. The SMILES string of the molecule is Cc1cc(C)cc(-n2c3ccccc3c3cc4c5ccccc5n(-c5cc(C)cc(C)c5)c4c(C(C)(C)C)c32)c1. The highest BCUT2D eigenvalue weighted by molar-refractivity contribution is 6.21. The third-order valence-electron chi connectivity index (χ3n) is 8.27. The molecule has 2 heteroatoms. The molecule has 0 N–H and O–H groups in total. The molecule has 5 aromatic carbocycles. The van der Waals surface area contributed by atoms with E-state index in [0.717, 1.165) is 0 Å². The Morgan fingerprint density at radius 1 is 0.450 bits per heavy atom. The summed E-state index contributed by atoms with van der Waals surface area (Å²) in [5.74, 6) is 0. The molecule has 0 unspecified atom stereocenters. The average molecular weight is 521 g/mol. The average Bonchev–Trinajstić information content (AvgIpc) is 3.38. The fourth-order valence-electron chi connectivity index (χ4n) is 6.98. The predicted molar refractivity (Wildman–Crippen MR) is 173 cm³/mol. The molecule has 0 aliphatic rings. The maximum absolute atomic E-state index is 2.52. The molecular formula is C38H36N2. The van der Waals surface area contributed by atoms with Crippen molar-refractivity contribution in [3.63, 3.8) is 0 Å². The molecule has 0 aliphatic carbocycles. The van der Waals surface area contributed by atoms with E-state index < -0.39 is 0 Å². The van der Waals surface area contributed by atoms with Crippen LogP contribution >= 0.6 is 0 Å². The van der Waals surface area contributed by atoms with Crippen molar-refractivity contribution in [3.8, 4) is 11.4 Å². The van der Waals surface area contributed by atoms with E-state index in [4.69, 9.17) is 0 Å². The standard InChI is InChI=1S/C38H36N2/c1-23-16-24(2)19-27(18-23)39-33-14-10-8-12-29(33)31-22-32-30-13-9-11-15-34(30)40(28-20-25(3)17-26(4)21-28)37(32)35(36(31)39)38(5,6)7/h8-22H,1-7H3. The van der Waals surface area contributed by atoms with Gasteiger partial charge in [0.15, 0.2) is 0 Å². The maximum atomic E-state index is 2.52. The van der Waals surface area contributed by atoms with E-state index in [1.165, 1.54) is 82.8 Å². The van der Waals surface area contributed by atoms with Crippen molar-refractivity contribution in [1.29, 1.82) is 0 Å². The minimum atomic E-state index is -0.117. The van der Waals surface area contributed by atoms with Gasteiger partial charge in [-0.2, -0.15) is 0 Å². The maximum Gasteiger partial charge on any atom is 0.0599 e. The van der Waals surface area contributed by atoms with Crippen molar-refractivity contribution in [2.45, 2.75) is 53.9 Å². The van der Waals surface area contributed by atoms with Crippen molar-refractivity contribution in [2.24, 2.45) is 0 Å². The van der Waals surface area contributed by atoms with Crippen LogP contribution in [-0.4, -0.2) is 9.13 Å². The van der Waals surface area contributed by atoms with Gasteiger partial charge in [-0.3, -0.25) is 0 Å². The third-order valence-corrected chi connectivity index (χ3v) is 8.27. The summed E-state index contributed by atoms with van der Waals surface area (Å²) in [4.78, 5) is 0. The number of aryl methyl sites for hydroxylation is 4. The lowest BCUT2D eigenvalue weighted by Crippen LogP contribution is -2.16. The van der Waals surface area contributed by atoms with E-state index in [9.17, 15) is 0 Å². The lowest BCUT2D eigenvalue weighted by atomic mass is 9.83. The Bertz CT molecular complexity index is 1940. The minimum absolute atomic E-state index is 0.117. The molecule has 40 heavy (non-hydrogen) atoms. The van der Waals surface area contributed by atoms with Gasteiger partial charge in [0, 0.05) is 38.5 Å². The molecule has 0 fully saturated rings. The van der Waals surface area contributed by atoms with E-state index in [-0.39, 0.29) is 5.41 Å². The number of hydrogen-bond acceptors (Lipinski definition) is 0. The van der Waals surface area contributed by atoms with E-state index >= 15 is 0 Å². The third kappa shape index (κ3) is 3.63. The largest absolute Gasteiger partial charge is 0.309 e. The Morgan fingerprint density at radius 3 is 1.20 bits per heavy atom. The van der Waals surface area contributed by atoms with Crippen LogP contribution in [0.1, 0.15) is 48.6 Å². The van der Waals surface area contributed by atoms with E-state index in [2.05, 4.69) is 149 Å². The van der Waals surface area contributed by atoms with Crippen LogP contribution in [0.2, 0.25) is 0 Å². The van der Waals surface area contributed by atoms with Crippen LogP contribution in [0.4, 0.5) is 0 Å². The summed E-state index contributed by atoms with van der Waals surface area (Å²) in [7, 11) is 0. The Hall–Kier alpha value is -4.30. The summed E-state index contributed by atoms with van der Waals surface area (Å²) in [5, 5.41) is 5.23. The molecule has 0 atom stereocenters. The lowest BCUT2D eigenvalue weighted by Gasteiger charge is -2.25. The Kier molecular flexibility index (Phi) is 5.31. The Labute approximate surface area is 236 Å². The zero-order chi connectivity index (χ0) is 27.9. The molecule has 0 radical (unpaired) electrons. The molecule has 0 amide bonds. The fraction of sp³-hybridized carbons (Fsp3) is 0.211. The van der Waals surface area contributed by atoms with E-state index in [1.54, 1.807) is 0 Å². The molecule has 2 nitrogen and oxygen atoms in total. The van der Waals surface area contributed by atoms with Gasteiger partial charge in [-0.1, -0.05) is 69.3 Å². The van der Waals surface area contributed by atoms with Crippen molar-refractivity contribution >= 4 is 43.6 Å². The molecule has 198 valence electrons. The number of fused-ring (bicyclic) bond motifs is 6. The van der Waals surface area contributed by atoms with Gasteiger partial charge < -0.3 is 9.13 Å². The Morgan fingerprint density at radius 2 is 0.825 bits per heavy atom. The number of aromatic nitrogens is 2. The highest BCUT2D eigenvalue weighted by atomic mass is 15.0. The van der Waals surface area contributed by atoms with Gasteiger partial charge in [0.2, 0.25) is 0 Å². The van der Waals surface area contributed by atoms with Crippen molar-refractivity contribution in [2.75, 3.05) is 0 Å². The molecule has 2 aromatic heterocycles. The summed E-state index contributed by atoms with van der Waals surface area (Å²) < 4.78 is 5.04. The lowest BCUT2D eigenvalue weighted by molar-refractivity contribution is 0.597. The van der Waals surface area contributed by atoms with Crippen LogP contribution in [0.15, 0.2) is 91.0 Å². The topological polar surface area (TPSA) is 9.86 Å². The van der Waals surface area contributed by atoms with Gasteiger partial charge in [-0.05, 0) is 97.8 Å². The zero-order valence-electron chi connectivity index (χ0n) is 24.6. The summed E-state index contributed by atoms with van der Waals surface area (Å²) in [6.45, 7) is 15.9. The first-order chi connectivity index (χ1) is 19.1. The first-order valence-electron chi connectivity index (χ1n) is 14.3. The van der Waals surface area contributed by atoms with Crippen LogP contribution in [0.25, 0.3) is 55.0 Å². The highest BCUT2D eigenvalue weighted by Gasteiger charge is 2.29. The summed E-state index contributed by atoms with van der Waals surface area (Å²) in [5.41, 5.74) is 14.0. The summed E-state index contributed by atoms with van der Waals surface area (Å²) in [6.07, 6.45) is 0. The normalized spacial score (nSPS) is 12.4. The van der Waals surface area contributed by atoms with Crippen LogP contribution in [0, 0.1) is 27.7 Å². The second-order valence-electron chi connectivity index (χ2n) is 12.7. The second kappa shape index (κ2) is 8.60. The van der Waals surface area contributed by atoms with Gasteiger partial charge in [0.25, 0.3) is 0 Å². The molecular weight excluding hydrogens is 484 g/mol. The minimum Gasteiger partial charge on any atom is -0.309 e. The van der Waals surface area contributed by atoms with E-state index in [0.29, 0.717) is 0 Å². The predicted octanol–water partition coefficient (Wildman–Crippen LogP) is 10.4. The Balaban J connectivity index is 1.80. The first kappa shape index (κ1) is 24.7. The van der Waals surface area contributed by atoms with Gasteiger partial charge in [-0.15, -0.1) is 0 Å². The van der Waals surface area contributed by atoms with Crippen LogP contribution in [-0.2, 0) is 5.41 Å². The molecule has 7 rings (SSSR count). The van der Waals surface area contributed by atoms with Crippen LogP contribution in [0.5, 0.6) is 0 Å². The molecule has 0 saturated carbocycles. The number of nitrogens with zero attached hydrogens (tertiary/aromatic N) is 2.